The van der Waals surface area contributed by atoms with E-state index in [0.717, 1.165) is 16.6 Å². The normalized spacial score (nSPS) is 16.8. The number of para-hydroxylation sites is 1. The van der Waals surface area contributed by atoms with Gasteiger partial charge in [-0.25, -0.2) is 0 Å². The van der Waals surface area contributed by atoms with E-state index in [4.69, 9.17) is 9.47 Å². The van der Waals surface area contributed by atoms with Crippen LogP contribution >= 0.6 is 0 Å². The quantitative estimate of drug-likeness (QED) is 0.483. The van der Waals surface area contributed by atoms with Crippen molar-refractivity contribution in [3.63, 3.8) is 0 Å². The number of pyridine rings is 1. The molecule has 5 rings (SSSR count). The summed E-state index contributed by atoms with van der Waals surface area (Å²) in [4.78, 5) is 26.4. The van der Waals surface area contributed by atoms with Crippen LogP contribution in [-0.2, 0) is 13.5 Å². The molecule has 33 heavy (non-hydrogen) atoms. The SMILES string of the molecule is COc1cc2c(c3c1c(=O)c1ccccc1n3C)CC(NC(=O)c1ccccc1)C(C)(C)O2. The van der Waals surface area contributed by atoms with Crippen molar-refractivity contribution < 1.29 is 14.3 Å². The molecule has 2 heterocycles. The highest BCUT2D eigenvalue weighted by atomic mass is 16.5. The fourth-order valence-corrected chi connectivity index (χ4v) is 4.78. The van der Waals surface area contributed by atoms with E-state index in [-0.39, 0.29) is 17.4 Å². The van der Waals surface area contributed by atoms with Crippen LogP contribution in [0.3, 0.4) is 0 Å². The predicted octanol–water partition coefficient (Wildman–Crippen LogP) is 4.21. The number of nitrogens with zero attached hydrogens (tertiary/aromatic N) is 1. The molecule has 0 radical (unpaired) electrons. The van der Waals surface area contributed by atoms with Crippen LogP contribution in [0.1, 0.15) is 29.8 Å². The minimum Gasteiger partial charge on any atom is -0.496 e. The fraction of sp³-hybridized carbons (Fsp3) is 0.259. The average Bonchev–Trinajstić information content (AvgIpc) is 2.82. The summed E-state index contributed by atoms with van der Waals surface area (Å²) in [5.41, 5.74) is 2.34. The molecule has 1 N–H and O–H groups in total. The zero-order chi connectivity index (χ0) is 23.3. The maximum atomic E-state index is 13.5. The second-order valence-electron chi connectivity index (χ2n) is 8.99. The van der Waals surface area contributed by atoms with Crippen LogP contribution < -0.4 is 20.2 Å². The Bertz CT molecular complexity index is 1450. The van der Waals surface area contributed by atoms with E-state index in [0.29, 0.717) is 34.3 Å². The Hall–Kier alpha value is -3.80. The number of aromatic nitrogens is 1. The predicted molar refractivity (Wildman–Crippen MR) is 129 cm³/mol. The first-order chi connectivity index (χ1) is 15.8. The number of ether oxygens (including phenoxy) is 2. The van der Waals surface area contributed by atoms with Gasteiger partial charge in [0.2, 0.25) is 5.43 Å². The first-order valence-corrected chi connectivity index (χ1v) is 11.0. The number of nitrogens with one attached hydrogen (secondary N) is 1. The van der Waals surface area contributed by atoms with Crippen molar-refractivity contribution in [2.75, 3.05) is 7.11 Å². The molecule has 4 aromatic rings. The van der Waals surface area contributed by atoms with E-state index in [2.05, 4.69) is 5.32 Å². The number of fused-ring (bicyclic) bond motifs is 4. The first kappa shape index (κ1) is 21.1. The Kier molecular flexibility index (Phi) is 4.89. The number of aryl methyl sites for hydroxylation is 1. The van der Waals surface area contributed by atoms with E-state index in [1.165, 1.54) is 0 Å². The monoisotopic (exact) mass is 442 g/mol. The summed E-state index contributed by atoms with van der Waals surface area (Å²) < 4.78 is 14.1. The molecule has 1 atom stereocenters. The lowest BCUT2D eigenvalue weighted by atomic mass is 9.86. The van der Waals surface area contributed by atoms with Gasteiger partial charge in [0, 0.05) is 36.0 Å². The van der Waals surface area contributed by atoms with Gasteiger partial charge in [0.15, 0.2) is 0 Å². The van der Waals surface area contributed by atoms with Gasteiger partial charge in [-0.05, 0) is 38.1 Å². The van der Waals surface area contributed by atoms with Gasteiger partial charge in [-0.15, -0.1) is 0 Å². The lowest BCUT2D eigenvalue weighted by Gasteiger charge is -2.41. The molecule has 6 nitrogen and oxygen atoms in total. The Labute approximate surface area is 191 Å². The Morgan fingerprint density at radius 3 is 2.55 bits per heavy atom. The number of methoxy groups -OCH3 is 1. The average molecular weight is 443 g/mol. The smallest absolute Gasteiger partial charge is 0.251 e. The van der Waals surface area contributed by atoms with Crippen LogP contribution in [0.25, 0.3) is 21.8 Å². The van der Waals surface area contributed by atoms with Crippen LogP contribution in [-0.4, -0.2) is 29.2 Å². The van der Waals surface area contributed by atoms with Gasteiger partial charge >= 0.3 is 0 Å². The number of rotatable bonds is 3. The van der Waals surface area contributed by atoms with Gasteiger partial charge in [0.1, 0.15) is 17.1 Å². The van der Waals surface area contributed by atoms with Crippen molar-refractivity contribution in [3.05, 3.63) is 82.0 Å². The van der Waals surface area contributed by atoms with Gasteiger partial charge < -0.3 is 19.4 Å². The molecule has 1 amide bonds. The molecule has 0 fully saturated rings. The first-order valence-electron chi connectivity index (χ1n) is 11.0. The van der Waals surface area contributed by atoms with E-state index in [1.807, 2.05) is 67.9 Å². The van der Waals surface area contributed by atoms with E-state index < -0.39 is 5.60 Å². The second-order valence-corrected chi connectivity index (χ2v) is 8.99. The molecule has 6 heteroatoms. The fourth-order valence-electron chi connectivity index (χ4n) is 4.78. The Balaban J connectivity index is 1.70. The van der Waals surface area contributed by atoms with Crippen molar-refractivity contribution in [2.45, 2.75) is 31.9 Å². The number of amides is 1. The molecule has 0 saturated carbocycles. The highest BCUT2D eigenvalue weighted by Crippen LogP contribution is 2.42. The molecule has 0 bridgehead atoms. The highest BCUT2D eigenvalue weighted by molar-refractivity contribution is 5.99. The minimum absolute atomic E-state index is 0.0759. The van der Waals surface area contributed by atoms with Gasteiger partial charge in [-0.1, -0.05) is 30.3 Å². The van der Waals surface area contributed by atoms with Gasteiger partial charge in [0.05, 0.1) is 29.6 Å². The maximum Gasteiger partial charge on any atom is 0.251 e. The standard InChI is InChI=1S/C27H26N2O4/c1-27(2)22(28-26(31)16-10-6-5-7-11-16)14-18-20(33-27)15-21(32-4)23-24(18)29(3)19-13-9-8-12-17(19)25(23)30/h5-13,15,22H,14H2,1-4H3,(H,28,31). The zero-order valence-corrected chi connectivity index (χ0v) is 19.1. The van der Waals surface area contributed by atoms with Gasteiger partial charge in [0.25, 0.3) is 5.91 Å². The minimum atomic E-state index is -0.661. The Morgan fingerprint density at radius 1 is 1.12 bits per heavy atom. The highest BCUT2D eigenvalue weighted by Gasteiger charge is 2.40. The number of carbonyl (C=O) groups excluding carboxylic acids is 1. The van der Waals surface area contributed by atoms with Crippen LogP contribution in [0.5, 0.6) is 11.5 Å². The van der Waals surface area contributed by atoms with Crippen molar-refractivity contribution in [2.24, 2.45) is 7.05 Å². The van der Waals surface area contributed by atoms with Crippen molar-refractivity contribution in [3.8, 4) is 11.5 Å². The molecule has 0 saturated heterocycles. The molecule has 1 aromatic heterocycles. The number of carbonyl (C=O) groups is 1. The van der Waals surface area contributed by atoms with E-state index in [1.54, 1.807) is 25.3 Å². The molecule has 0 spiro atoms. The van der Waals surface area contributed by atoms with Crippen LogP contribution in [0, 0.1) is 0 Å². The summed E-state index contributed by atoms with van der Waals surface area (Å²) >= 11 is 0. The van der Waals surface area contributed by atoms with E-state index in [9.17, 15) is 9.59 Å². The van der Waals surface area contributed by atoms with Crippen molar-refractivity contribution >= 4 is 27.7 Å². The molecule has 1 unspecified atom stereocenters. The van der Waals surface area contributed by atoms with Crippen LogP contribution in [0.2, 0.25) is 0 Å². The summed E-state index contributed by atoms with van der Waals surface area (Å²) in [6.45, 7) is 3.92. The molecule has 3 aromatic carbocycles. The van der Waals surface area contributed by atoms with E-state index >= 15 is 0 Å². The van der Waals surface area contributed by atoms with Crippen molar-refractivity contribution in [1.82, 2.24) is 9.88 Å². The third kappa shape index (κ3) is 3.33. The molecular weight excluding hydrogens is 416 g/mol. The summed E-state index contributed by atoms with van der Waals surface area (Å²) in [5.74, 6) is 0.996. The number of benzene rings is 3. The van der Waals surface area contributed by atoms with Gasteiger partial charge in [-0.2, -0.15) is 0 Å². The van der Waals surface area contributed by atoms with Gasteiger partial charge in [-0.3, -0.25) is 9.59 Å². The molecule has 0 aliphatic carbocycles. The third-order valence-corrected chi connectivity index (χ3v) is 6.58. The molecule has 1 aliphatic rings. The summed E-state index contributed by atoms with van der Waals surface area (Å²) in [6, 6.07) is 18.2. The molecular formula is C27H26N2O4. The third-order valence-electron chi connectivity index (χ3n) is 6.58. The number of hydrogen-bond acceptors (Lipinski definition) is 4. The van der Waals surface area contributed by atoms with Crippen LogP contribution in [0.15, 0.2) is 65.5 Å². The lowest BCUT2D eigenvalue weighted by molar-refractivity contribution is 0.0441. The van der Waals surface area contributed by atoms with Crippen LogP contribution in [0.4, 0.5) is 0 Å². The topological polar surface area (TPSA) is 69.6 Å². The van der Waals surface area contributed by atoms with Crippen molar-refractivity contribution in [1.29, 1.82) is 0 Å². The number of hydrogen-bond donors (Lipinski definition) is 1. The summed E-state index contributed by atoms with van der Waals surface area (Å²) in [5, 5.41) is 4.31. The largest absolute Gasteiger partial charge is 0.496 e. The lowest BCUT2D eigenvalue weighted by Crippen LogP contribution is -2.56. The molecule has 168 valence electrons. The second kappa shape index (κ2) is 7.66. The zero-order valence-electron chi connectivity index (χ0n) is 19.1. The summed E-state index contributed by atoms with van der Waals surface area (Å²) in [7, 11) is 3.51. The summed E-state index contributed by atoms with van der Waals surface area (Å²) in [6.07, 6.45) is 0.521. The molecule has 1 aliphatic heterocycles. The maximum absolute atomic E-state index is 13.5. The Morgan fingerprint density at radius 2 is 1.82 bits per heavy atom.